The van der Waals surface area contributed by atoms with Gasteiger partial charge in [0, 0.05) is 24.1 Å². The van der Waals surface area contributed by atoms with E-state index in [2.05, 4.69) is 43.3 Å². The minimum absolute atomic E-state index is 0.109. The molecule has 1 atom stereocenters. The maximum Gasteiger partial charge on any atom is 0.255 e. The maximum atomic E-state index is 12.8. The quantitative estimate of drug-likeness (QED) is 0.806. The van der Waals surface area contributed by atoms with Crippen LogP contribution in [0.1, 0.15) is 45.9 Å². The summed E-state index contributed by atoms with van der Waals surface area (Å²) in [5, 5.41) is 0. The summed E-state index contributed by atoms with van der Waals surface area (Å²) >= 11 is 0. The van der Waals surface area contributed by atoms with E-state index in [1.165, 1.54) is 24.0 Å². The molecule has 2 aromatic rings. The molecule has 5 nitrogen and oxygen atoms in total. The Hall–Kier alpha value is -2.66. The van der Waals surface area contributed by atoms with E-state index >= 15 is 0 Å². The van der Waals surface area contributed by atoms with E-state index in [0.29, 0.717) is 18.5 Å². The topological polar surface area (TPSA) is 66.6 Å². The summed E-state index contributed by atoms with van der Waals surface area (Å²) in [6.45, 7) is 1.53. The summed E-state index contributed by atoms with van der Waals surface area (Å²) in [6.07, 6.45) is 3.14. The summed E-state index contributed by atoms with van der Waals surface area (Å²) in [5.74, 6) is -0.586. The Morgan fingerprint density at radius 2 is 1.93 bits per heavy atom. The third-order valence-corrected chi connectivity index (χ3v) is 5.98. The van der Waals surface area contributed by atoms with Crippen molar-refractivity contribution in [1.82, 2.24) is 9.80 Å². The van der Waals surface area contributed by atoms with Crippen LogP contribution in [0.2, 0.25) is 0 Å². The second-order valence-corrected chi connectivity index (χ2v) is 8.36. The van der Waals surface area contributed by atoms with Gasteiger partial charge in [-0.1, -0.05) is 42.5 Å². The lowest BCUT2D eigenvalue weighted by molar-refractivity contribution is -0.122. The number of nitrogens with two attached hydrogens (primary N) is 1. The third-order valence-electron chi connectivity index (χ3n) is 5.98. The van der Waals surface area contributed by atoms with Gasteiger partial charge in [0.15, 0.2) is 0 Å². The van der Waals surface area contributed by atoms with Crippen molar-refractivity contribution in [3.05, 3.63) is 70.8 Å². The predicted octanol–water partition coefficient (Wildman–Crippen LogP) is 2.50. The van der Waals surface area contributed by atoms with Gasteiger partial charge in [-0.2, -0.15) is 0 Å². The highest BCUT2D eigenvalue weighted by Gasteiger charge is 2.44. The summed E-state index contributed by atoms with van der Waals surface area (Å²) in [5.41, 5.74) is 9.78. The number of carbonyl (C=O) groups is 2. The van der Waals surface area contributed by atoms with Crippen molar-refractivity contribution in [1.29, 1.82) is 0 Å². The SMILES string of the molecule is CN(C)CC1(c2cccc(CCN3C(=O)c4ccccc4C3C(N)=O)c2)CC1. The Morgan fingerprint density at radius 1 is 1.18 bits per heavy atom. The lowest BCUT2D eigenvalue weighted by atomic mass is 9.93. The Labute approximate surface area is 166 Å². The van der Waals surface area contributed by atoms with Crippen LogP contribution < -0.4 is 5.73 Å². The first-order valence-electron chi connectivity index (χ1n) is 9.85. The molecule has 1 heterocycles. The molecule has 4 rings (SSSR count). The van der Waals surface area contributed by atoms with Crippen molar-refractivity contribution in [3.63, 3.8) is 0 Å². The first-order valence-corrected chi connectivity index (χ1v) is 9.85. The largest absolute Gasteiger partial charge is 0.368 e. The summed E-state index contributed by atoms with van der Waals surface area (Å²) < 4.78 is 0. The number of primary amides is 1. The van der Waals surface area contributed by atoms with Crippen LogP contribution in [-0.2, 0) is 16.6 Å². The highest BCUT2D eigenvalue weighted by Crippen LogP contribution is 2.48. The highest BCUT2D eigenvalue weighted by atomic mass is 16.2. The Bertz CT molecular complexity index is 918. The smallest absolute Gasteiger partial charge is 0.255 e. The molecule has 0 radical (unpaired) electrons. The van der Waals surface area contributed by atoms with Crippen molar-refractivity contribution in [3.8, 4) is 0 Å². The molecular weight excluding hydrogens is 350 g/mol. The molecule has 146 valence electrons. The molecule has 2 amide bonds. The summed E-state index contributed by atoms with van der Waals surface area (Å²) in [6, 6.07) is 15.3. The zero-order valence-electron chi connectivity index (χ0n) is 16.5. The van der Waals surface area contributed by atoms with Crippen LogP contribution in [0.3, 0.4) is 0 Å². The van der Waals surface area contributed by atoms with Gasteiger partial charge in [-0.05, 0) is 56.1 Å². The molecule has 1 aliphatic carbocycles. The number of amides is 2. The van der Waals surface area contributed by atoms with Crippen molar-refractivity contribution >= 4 is 11.8 Å². The first kappa shape index (κ1) is 18.7. The number of hydrogen-bond acceptors (Lipinski definition) is 3. The van der Waals surface area contributed by atoms with Gasteiger partial charge < -0.3 is 15.5 Å². The summed E-state index contributed by atoms with van der Waals surface area (Å²) in [4.78, 5) is 28.7. The number of carbonyl (C=O) groups excluding carboxylic acids is 2. The van der Waals surface area contributed by atoms with Gasteiger partial charge in [0.05, 0.1) is 0 Å². The van der Waals surface area contributed by atoms with Gasteiger partial charge in [-0.15, -0.1) is 0 Å². The van der Waals surface area contributed by atoms with Crippen molar-refractivity contribution < 1.29 is 9.59 Å². The second-order valence-electron chi connectivity index (χ2n) is 8.36. The molecule has 0 spiro atoms. The molecule has 5 heteroatoms. The van der Waals surface area contributed by atoms with Gasteiger partial charge in [0.25, 0.3) is 5.91 Å². The number of rotatable bonds is 7. The highest BCUT2D eigenvalue weighted by molar-refractivity contribution is 6.04. The second kappa shape index (κ2) is 7.06. The third kappa shape index (κ3) is 3.31. The van der Waals surface area contributed by atoms with Crippen LogP contribution >= 0.6 is 0 Å². The molecule has 0 saturated heterocycles. The van der Waals surface area contributed by atoms with Crippen LogP contribution in [-0.4, -0.2) is 48.8 Å². The lowest BCUT2D eigenvalue weighted by Crippen LogP contribution is -2.37. The minimum atomic E-state index is -0.671. The zero-order chi connectivity index (χ0) is 19.9. The fraction of sp³-hybridized carbons (Fsp3) is 0.391. The van der Waals surface area contributed by atoms with Crippen LogP contribution in [0.4, 0.5) is 0 Å². The van der Waals surface area contributed by atoms with Crippen LogP contribution in [0, 0.1) is 0 Å². The van der Waals surface area contributed by atoms with Crippen LogP contribution in [0.15, 0.2) is 48.5 Å². The van der Waals surface area contributed by atoms with Gasteiger partial charge in [0.2, 0.25) is 5.91 Å². The fourth-order valence-corrected chi connectivity index (χ4v) is 4.51. The number of likely N-dealkylation sites (N-methyl/N-ethyl adjacent to an activating group) is 1. The molecule has 2 N–H and O–H groups in total. The van der Waals surface area contributed by atoms with E-state index in [-0.39, 0.29) is 11.3 Å². The van der Waals surface area contributed by atoms with E-state index in [1.54, 1.807) is 11.0 Å². The first-order chi connectivity index (χ1) is 13.4. The van der Waals surface area contributed by atoms with Crippen molar-refractivity contribution in [2.75, 3.05) is 27.2 Å². The zero-order valence-corrected chi connectivity index (χ0v) is 16.5. The molecule has 2 aliphatic rings. The van der Waals surface area contributed by atoms with Gasteiger partial charge in [-0.25, -0.2) is 0 Å². The lowest BCUT2D eigenvalue weighted by Gasteiger charge is -2.24. The summed E-state index contributed by atoms with van der Waals surface area (Å²) in [7, 11) is 4.23. The normalized spacial score (nSPS) is 19.8. The number of hydrogen-bond donors (Lipinski definition) is 1. The average Bonchev–Trinajstić information content (AvgIpc) is 3.38. The maximum absolute atomic E-state index is 12.8. The molecule has 1 saturated carbocycles. The Balaban J connectivity index is 1.51. The van der Waals surface area contributed by atoms with Gasteiger partial charge >= 0.3 is 0 Å². The van der Waals surface area contributed by atoms with Gasteiger partial charge in [-0.3, -0.25) is 9.59 Å². The van der Waals surface area contributed by atoms with E-state index in [0.717, 1.165) is 12.1 Å². The molecule has 0 aromatic heterocycles. The Kier molecular flexibility index (Phi) is 4.71. The molecular formula is C23H27N3O2. The minimum Gasteiger partial charge on any atom is -0.368 e. The van der Waals surface area contributed by atoms with E-state index in [4.69, 9.17) is 5.73 Å². The van der Waals surface area contributed by atoms with Crippen LogP contribution in [0.25, 0.3) is 0 Å². The molecule has 2 aromatic carbocycles. The fourth-order valence-electron chi connectivity index (χ4n) is 4.51. The predicted molar refractivity (Wildman–Crippen MR) is 109 cm³/mol. The van der Waals surface area contributed by atoms with E-state index in [1.807, 2.05) is 18.2 Å². The molecule has 1 aliphatic heterocycles. The number of fused-ring (bicyclic) bond motifs is 1. The van der Waals surface area contributed by atoms with Crippen molar-refractivity contribution in [2.24, 2.45) is 5.73 Å². The van der Waals surface area contributed by atoms with E-state index in [9.17, 15) is 9.59 Å². The monoisotopic (exact) mass is 377 g/mol. The number of benzene rings is 2. The molecule has 1 fully saturated rings. The van der Waals surface area contributed by atoms with E-state index < -0.39 is 11.9 Å². The average molecular weight is 377 g/mol. The molecule has 28 heavy (non-hydrogen) atoms. The standard InChI is InChI=1S/C23H27N3O2/c1-25(2)15-23(11-12-23)17-7-5-6-16(14-17)10-13-26-20(21(24)27)18-8-3-4-9-19(18)22(26)28/h3-9,14,20H,10-13,15H2,1-2H3,(H2,24,27). The van der Waals surface area contributed by atoms with Crippen LogP contribution in [0.5, 0.6) is 0 Å². The van der Waals surface area contributed by atoms with Crippen molar-refractivity contribution in [2.45, 2.75) is 30.7 Å². The Morgan fingerprint density at radius 3 is 2.61 bits per heavy atom. The van der Waals surface area contributed by atoms with Gasteiger partial charge in [0.1, 0.15) is 6.04 Å². The molecule has 1 unspecified atom stereocenters. The number of nitrogens with zero attached hydrogens (tertiary/aromatic N) is 2. The molecule has 0 bridgehead atoms.